The van der Waals surface area contributed by atoms with Gasteiger partial charge in [0.15, 0.2) is 0 Å². The predicted octanol–water partition coefficient (Wildman–Crippen LogP) is 16.9. The Hall–Kier alpha value is -7.06. The molecule has 0 unspecified atom stereocenters. The van der Waals surface area contributed by atoms with Crippen LogP contribution in [0.15, 0.2) is 155 Å². The Balaban J connectivity index is 0.000000263. The van der Waals surface area contributed by atoms with E-state index in [-0.39, 0.29) is 59.9 Å². The van der Waals surface area contributed by atoms with E-state index in [0.717, 1.165) is 33.5 Å². The molecule has 0 atom stereocenters. The van der Waals surface area contributed by atoms with Crippen LogP contribution in [0.3, 0.4) is 0 Å². The molecule has 10 aromatic rings. The molecule has 12 rings (SSSR count). The summed E-state index contributed by atoms with van der Waals surface area (Å²) in [6.07, 6.45) is 1.79. The zero-order valence-electron chi connectivity index (χ0n) is 43.4. The molecule has 4 heterocycles. The summed E-state index contributed by atoms with van der Waals surface area (Å²) >= 11 is 0. The minimum absolute atomic E-state index is 0. The number of furan rings is 1. The molecule has 0 amide bonds. The van der Waals surface area contributed by atoms with Crippen molar-refractivity contribution in [3.63, 3.8) is 0 Å². The summed E-state index contributed by atoms with van der Waals surface area (Å²) < 4.78 is 44.4. The van der Waals surface area contributed by atoms with Crippen molar-refractivity contribution < 1.29 is 38.0 Å². The molecule has 0 saturated heterocycles. The van der Waals surface area contributed by atoms with E-state index < -0.39 is 0 Å². The van der Waals surface area contributed by atoms with Crippen LogP contribution in [0, 0.1) is 23.8 Å². The van der Waals surface area contributed by atoms with Gasteiger partial charge in [-0.3, -0.25) is 9.37 Å². The van der Waals surface area contributed by atoms with Gasteiger partial charge in [-0.1, -0.05) is 145 Å². The van der Waals surface area contributed by atoms with Gasteiger partial charge in [-0.05, 0) is 118 Å². The van der Waals surface area contributed by atoms with E-state index >= 15 is 4.39 Å². The number of para-hydroxylation sites is 2. The molecule has 6 nitrogen and oxygen atoms in total. The van der Waals surface area contributed by atoms with E-state index in [4.69, 9.17) is 14.1 Å². The number of fused-ring (bicyclic) bond motifs is 7. The smallest absolute Gasteiger partial charge is 0.217 e. The molecule has 9 heteroatoms. The van der Waals surface area contributed by atoms with Gasteiger partial charge < -0.3 is 18.7 Å². The number of rotatable bonds is 7. The standard InChI is InChI=1S/C48H41FN3O2.C17H17FN.Ir/c1-28(2)37-23-33(32-21-19-31(20-22-32)30-13-8-7-9-14-30)24-38(29(3)4)44(37)52-41-18-11-10-17-40(41)50-46(52)36-16-12-15-35-43-39(49)25-34(26-42(43)54-45(35)36)47-51-48(5,6)27-53-47;1-16(2)13-6-5-9-19-15(13)12-8-7-11(18)10-14(12)17(16,3)4;/h7-15,17-26,28-29H,27H2,1-6H3;5-7,9-10H,1-4H3;/q2*-1;. The molecule has 1 aliphatic heterocycles. The SMILES string of the molecule is CC(C)c1cc(-c2ccc(-c3ccccc3)cc2)cc(C(C)C)c1-n1c(-c2[c-]ccc3c2oc2cc(C4=NC(C)(C)CO4)cc(F)c23)nc2ccccc21.CC1(C)c2cc(F)c[c-]c2-c2ncccc2C1(C)C.[Ir]. The maximum atomic E-state index is 16.1. The van der Waals surface area contributed by atoms with Gasteiger partial charge >= 0.3 is 0 Å². The van der Waals surface area contributed by atoms with E-state index in [1.54, 1.807) is 12.3 Å². The average molecular weight is 1160 g/mol. The number of nitrogens with zero attached hydrogens (tertiary/aromatic N) is 4. The molecule has 2 aliphatic rings. The molecule has 0 N–H and O–H groups in total. The molecule has 0 fully saturated rings. The van der Waals surface area contributed by atoms with Crippen LogP contribution in [0.2, 0.25) is 0 Å². The van der Waals surface area contributed by atoms with E-state index in [1.165, 1.54) is 51.1 Å². The number of aliphatic imine (C=N–C) groups is 1. The maximum Gasteiger partial charge on any atom is 0.217 e. The van der Waals surface area contributed by atoms with Crippen LogP contribution in [0.4, 0.5) is 8.78 Å². The number of hydrogen-bond donors (Lipinski definition) is 0. The minimum Gasteiger partial charge on any atom is -0.500 e. The van der Waals surface area contributed by atoms with Crippen molar-refractivity contribution in [1.82, 2.24) is 14.5 Å². The molecule has 375 valence electrons. The summed E-state index contributed by atoms with van der Waals surface area (Å²) in [6, 6.07) is 52.9. The van der Waals surface area contributed by atoms with E-state index in [9.17, 15) is 4.39 Å². The summed E-state index contributed by atoms with van der Waals surface area (Å²) in [6.45, 7) is 22.1. The van der Waals surface area contributed by atoms with Crippen LogP contribution < -0.4 is 0 Å². The summed E-state index contributed by atoms with van der Waals surface area (Å²) in [5, 5.41) is 1.08. The molecular weight excluding hydrogens is 1100 g/mol. The van der Waals surface area contributed by atoms with Gasteiger partial charge in [-0.25, -0.2) is 9.38 Å². The molecule has 0 saturated carbocycles. The first-order chi connectivity index (χ1) is 34.9. The Morgan fingerprint density at radius 1 is 0.649 bits per heavy atom. The number of ether oxygens (including phenoxy) is 1. The Labute approximate surface area is 445 Å². The van der Waals surface area contributed by atoms with Gasteiger partial charge in [0.2, 0.25) is 5.90 Å². The third-order valence-electron chi connectivity index (χ3n) is 15.3. The van der Waals surface area contributed by atoms with Crippen molar-refractivity contribution in [3.05, 3.63) is 197 Å². The van der Waals surface area contributed by atoms with Crippen molar-refractivity contribution in [3.8, 4) is 50.6 Å². The number of imidazole rings is 1. The van der Waals surface area contributed by atoms with Crippen LogP contribution in [0.5, 0.6) is 0 Å². The number of halogens is 2. The molecule has 0 spiro atoms. The van der Waals surface area contributed by atoms with Crippen molar-refractivity contribution in [2.75, 3.05) is 6.61 Å². The molecule has 3 aromatic heterocycles. The fourth-order valence-corrected chi connectivity index (χ4v) is 10.7. The molecule has 1 aliphatic carbocycles. The second-order valence-corrected chi connectivity index (χ2v) is 21.8. The van der Waals surface area contributed by atoms with Crippen molar-refractivity contribution in [1.29, 1.82) is 0 Å². The summed E-state index contributed by atoms with van der Waals surface area (Å²) in [7, 11) is 0. The summed E-state index contributed by atoms with van der Waals surface area (Å²) in [4.78, 5) is 14.4. The third-order valence-corrected chi connectivity index (χ3v) is 15.3. The van der Waals surface area contributed by atoms with Gasteiger partial charge in [-0.2, -0.15) is 0 Å². The fourth-order valence-electron chi connectivity index (χ4n) is 10.7. The Morgan fingerprint density at radius 3 is 1.97 bits per heavy atom. The minimum atomic E-state index is -0.389. The number of hydrogen-bond acceptors (Lipinski definition) is 5. The van der Waals surface area contributed by atoms with E-state index in [1.807, 2.05) is 56.3 Å². The molecule has 1 radical (unpaired) electrons. The van der Waals surface area contributed by atoms with Crippen molar-refractivity contribution in [2.45, 2.75) is 97.4 Å². The van der Waals surface area contributed by atoms with Gasteiger partial charge in [0.25, 0.3) is 0 Å². The van der Waals surface area contributed by atoms with E-state index in [2.05, 4.69) is 161 Å². The first-order valence-corrected chi connectivity index (χ1v) is 25.2. The first kappa shape index (κ1) is 50.5. The summed E-state index contributed by atoms with van der Waals surface area (Å²) in [5.74, 6) is 0.878. The largest absolute Gasteiger partial charge is 0.500 e. The van der Waals surface area contributed by atoms with Crippen molar-refractivity contribution in [2.24, 2.45) is 4.99 Å². The van der Waals surface area contributed by atoms with Crippen LogP contribution in [-0.2, 0) is 35.7 Å². The second kappa shape index (κ2) is 19.0. The van der Waals surface area contributed by atoms with Crippen LogP contribution >= 0.6 is 0 Å². The average Bonchev–Trinajstić information content (AvgIpc) is 4.10. The van der Waals surface area contributed by atoms with Crippen molar-refractivity contribution >= 4 is 38.9 Å². The summed E-state index contributed by atoms with van der Waals surface area (Å²) in [5.41, 5.74) is 15.7. The van der Waals surface area contributed by atoms with Crippen LogP contribution in [0.1, 0.15) is 109 Å². The van der Waals surface area contributed by atoms with Crippen LogP contribution in [0.25, 0.3) is 83.6 Å². The molecule has 0 bridgehead atoms. The van der Waals surface area contributed by atoms with E-state index in [0.29, 0.717) is 51.4 Å². The molecular formula is C65H58F2IrN4O2-2. The Kier molecular flexibility index (Phi) is 13.0. The Morgan fingerprint density at radius 2 is 1.30 bits per heavy atom. The Bertz CT molecular complexity index is 3780. The fraction of sp³-hybridized carbons (Fsp3) is 0.246. The maximum absolute atomic E-state index is 16.1. The third kappa shape index (κ3) is 8.58. The second-order valence-electron chi connectivity index (χ2n) is 21.8. The molecule has 74 heavy (non-hydrogen) atoms. The quantitative estimate of drug-likeness (QED) is 0.149. The number of pyridine rings is 1. The first-order valence-electron chi connectivity index (χ1n) is 25.2. The van der Waals surface area contributed by atoms with Gasteiger partial charge in [0.05, 0.1) is 28.0 Å². The zero-order valence-corrected chi connectivity index (χ0v) is 45.8. The van der Waals surface area contributed by atoms with Gasteiger partial charge in [0.1, 0.15) is 18.0 Å². The number of aromatic nitrogens is 3. The van der Waals surface area contributed by atoms with Crippen LogP contribution in [-0.4, -0.2) is 32.6 Å². The zero-order chi connectivity index (χ0) is 51.1. The monoisotopic (exact) mass is 1160 g/mol. The normalized spacial score (nSPS) is 15.1. The predicted molar refractivity (Wildman–Crippen MR) is 293 cm³/mol. The van der Waals surface area contributed by atoms with Gasteiger partial charge in [-0.15, -0.1) is 47.5 Å². The topological polar surface area (TPSA) is 65.4 Å². The number of benzene rings is 7. The molecule has 7 aromatic carbocycles. The van der Waals surface area contributed by atoms with Gasteiger partial charge in [0, 0.05) is 48.8 Å².